The van der Waals surface area contributed by atoms with Gasteiger partial charge in [-0.25, -0.2) is 4.79 Å². The third-order valence-electron chi connectivity index (χ3n) is 3.50. The van der Waals surface area contributed by atoms with Gasteiger partial charge in [0.25, 0.3) is 0 Å². The Kier molecular flexibility index (Phi) is 4.33. The number of ether oxygens (including phenoxy) is 1. The first-order valence-corrected chi connectivity index (χ1v) is 6.67. The monoisotopic (exact) mass is 296 g/mol. The van der Waals surface area contributed by atoms with Gasteiger partial charge < -0.3 is 14.8 Å². The molecule has 0 bridgehead atoms. The van der Waals surface area contributed by atoms with E-state index in [4.69, 9.17) is 4.74 Å². The van der Waals surface area contributed by atoms with Crippen molar-refractivity contribution in [2.24, 2.45) is 0 Å². The Morgan fingerprint density at radius 3 is 2.59 bits per heavy atom. The van der Waals surface area contributed by atoms with Crippen LogP contribution in [0.3, 0.4) is 0 Å². The van der Waals surface area contributed by atoms with E-state index < -0.39 is 5.97 Å². The maximum atomic E-state index is 11.3. The largest absolute Gasteiger partial charge is 0.496 e. The van der Waals surface area contributed by atoms with E-state index in [9.17, 15) is 15.2 Å². The third-order valence-corrected chi connectivity index (χ3v) is 3.50. The lowest BCUT2D eigenvalue weighted by Crippen LogP contribution is -1.98. The van der Waals surface area contributed by atoms with Crippen LogP contribution in [0.15, 0.2) is 24.3 Å². The minimum atomic E-state index is -0.985. The van der Waals surface area contributed by atoms with Crippen LogP contribution in [0.5, 0.6) is 5.75 Å². The van der Waals surface area contributed by atoms with Gasteiger partial charge in [-0.05, 0) is 37.6 Å². The number of allylic oxidation sites excluding steroid dienone is 1. The van der Waals surface area contributed by atoms with Crippen LogP contribution in [0.4, 0.5) is 0 Å². The van der Waals surface area contributed by atoms with E-state index in [1.165, 1.54) is 0 Å². The van der Waals surface area contributed by atoms with Gasteiger partial charge >= 0.3 is 5.97 Å². The number of carboxylic acids is 1. The predicted octanol–water partition coefficient (Wildman–Crippen LogP) is 3.40. The summed E-state index contributed by atoms with van der Waals surface area (Å²) in [4.78, 5) is 14.3. The number of nitrogens with zero attached hydrogens (tertiary/aromatic N) is 1. The van der Waals surface area contributed by atoms with Crippen molar-refractivity contribution < 1.29 is 14.6 Å². The van der Waals surface area contributed by atoms with E-state index >= 15 is 0 Å². The second kappa shape index (κ2) is 6.19. The van der Waals surface area contributed by atoms with Gasteiger partial charge in [0, 0.05) is 17.0 Å². The fourth-order valence-electron chi connectivity index (χ4n) is 2.42. The molecule has 0 fully saturated rings. The zero-order valence-electron chi connectivity index (χ0n) is 12.6. The molecule has 0 radical (unpaired) electrons. The van der Waals surface area contributed by atoms with Crippen LogP contribution in [-0.2, 0) is 0 Å². The van der Waals surface area contributed by atoms with Crippen LogP contribution in [0.1, 0.15) is 32.9 Å². The number of H-pyrrole nitrogens is 1. The second-order valence-corrected chi connectivity index (χ2v) is 4.84. The predicted molar refractivity (Wildman–Crippen MR) is 83.7 cm³/mol. The molecular weight excluding hydrogens is 280 g/mol. The van der Waals surface area contributed by atoms with Crippen molar-refractivity contribution in [2.45, 2.75) is 13.8 Å². The molecule has 2 aromatic rings. The molecule has 0 aliphatic carbocycles. The van der Waals surface area contributed by atoms with Crippen LogP contribution in [0.25, 0.3) is 11.6 Å². The number of carbonyl (C=O) groups is 1. The van der Waals surface area contributed by atoms with E-state index in [0.29, 0.717) is 33.8 Å². The molecule has 2 N–H and O–H groups in total. The molecule has 112 valence electrons. The number of aromatic amines is 1. The Morgan fingerprint density at radius 1 is 1.36 bits per heavy atom. The molecule has 0 aliphatic heterocycles. The van der Waals surface area contributed by atoms with Gasteiger partial charge in [0.1, 0.15) is 5.75 Å². The van der Waals surface area contributed by atoms with Gasteiger partial charge in [-0.2, -0.15) is 5.26 Å². The van der Waals surface area contributed by atoms with E-state index in [1.807, 2.05) is 12.1 Å². The normalized spacial score (nSPS) is 11.1. The van der Waals surface area contributed by atoms with Crippen LogP contribution >= 0.6 is 0 Å². The number of nitriles is 1. The fourth-order valence-corrected chi connectivity index (χ4v) is 2.42. The molecule has 0 unspecified atom stereocenters. The number of aryl methyl sites for hydroxylation is 1. The highest BCUT2D eigenvalue weighted by molar-refractivity contribution is 5.95. The molecule has 0 saturated carbocycles. The first kappa shape index (κ1) is 15.4. The van der Waals surface area contributed by atoms with Crippen molar-refractivity contribution in [1.29, 1.82) is 5.26 Å². The summed E-state index contributed by atoms with van der Waals surface area (Å²) in [5.41, 5.74) is 3.08. The third kappa shape index (κ3) is 2.72. The van der Waals surface area contributed by atoms with Gasteiger partial charge in [0.2, 0.25) is 0 Å². The average molecular weight is 296 g/mol. The quantitative estimate of drug-likeness (QED) is 0.847. The summed E-state index contributed by atoms with van der Waals surface area (Å²) in [6.07, 6.45) is 1.65. The van der Waals surface area contributed by atoms with Crippen LogP contribution < -0.4 is 4.74 Å². The Morgan fingerprint density at radius 2 is 2.05 bits per heavy atom. The molecule has 22 heavy (non-hydrogen) atoms. The van der Waals surface area contributed by atoms with Crippen molar-refractivity contribution in [3.8, 4) is 11.8 Å². The van der Waals surface area contributed by atoms with Crippen molar-refractivity contribution in [2.75, 3.05) is 7.11 Å². The minimum Gasteiger partial charge on any atom is -0.496 e. The maximum Gasteiger partial charge on any atom is 0.337 e. The summed E-state index contributed by atoms with van der Waals surface area (Å²) >= 11 is 0. The molecule has 2 rings (SSSR count). The van der Waals surface area contributed by atoms with E-state index in [1.54, 1.807) is 39.2 Å². The first-order chi connectivity index (χ1) is 10.5. The Hall–Kier alpha value is -3.00. The molecule has 1 aromatic carbocycles. The smallest absolute Gasteiger partial charge is 0.337 e. The minimum absolute atomic E-state index is 0.239. The number of para-hydroxylation sites is 1. The maximum absolute atomic E-state index is 11.3. The number of hydrogen-bond donors (Lipinski definition) is 2. The van der Waals surface area contributed by atoms with Crippen LogP contribution in [0, 0.1) is 25.2 Å². The Balaban J connectivity index is 2.58. The zero-order valence-corrected chi connectivity index (χ0v) is 12.6. The molecule has 5 nitrogen and oxygen atoms in total. The number of rotatable bonds is 4. The highest BCUT2D eigenvalue weighted by atomic mass is 16.5. The van der Waals surface area contributed by atoms with E-state index in [2.05, 4.69) is 11.1 Å². The summed E-state index contributed by atoms with van der Waals surface area (Å²) in [6.45, 7) is 3.42. The highest BCUT2D eigenvalue weighted by Crippen LogP contribution is 2.28. The van der Waals surface area contributed by atoms with Crippen molar-refractivity contribution in [3.05, 3.63) is 52.3 Å². The van der Waals surface area contributed by atoms with Crippen LogP contribution in [-0.4, -0.2) is 23.2 Å². The van der Waals surface area contributed by atoms with Gasteiger partial charge in [-0.3, -0.25) is 0 Å². The topological polar surface area (TPSA) is 86.1 Å². The van der Waals surface area contributed by atoms with Gasteiger partial charge in [0.15, 0.2) is 0 Å². The molecule has 0 saturated heterocycles. The molecule has 1 aromatic heterocycles. The number of benzene rings is 1. The highest BCUT2D eigenvalue weighted by Gasteiger charge is 2.17. The average Bonchev–Trinajstić information content (AvgIpc) is 2.78. The number of nitrogens with one attached hydrogen (secondary N) is 1. The summed E-state index contributed by atoms with van der Waals surface area (Å²) in [7, 11) is 1.54. The molecule has 1 heterocycles. The molecule has 0 aliphatic rings. The van der Waals surface area contributed by atoms with Crippen LogP contribution in [0.2, 0.25) is 0 Å². The number of methoxy groups -OCH3 is 1. The Bertz CT molecular complexity index is 795. The zero-order chi connectivity index (χ0) is 16.3. The van der Waals surface area contributed by atoms with Gasteiger partial charge in [-0.15, -0.1) is 0 Å². The van der Waals surface area contributed by atoms with Gasteiger partial charge in [0.05, 0.1) is 24.3 Å². The van der Waals surface area contributed by atoms with Crippen molar-refractivity contribution in [1.82, 2.24) is 4.98 Å². The lowest BCUT2D eigenvalue weighted by atomic mass is 10.0. The summed E-state index contributed by atoms with van der Waals surface area (Å²) in [5, 5.41) is 18.7. The van der Waals surface area contributed by atoms with Gasteiger partial charge in [-0.1, -0.05) is 12.1 Å². The number of aromatic nitrogens is 1. The van der Waals surface area contributed by atoms with E-state index in [-0.39, 0.29) is 5.56 Å². The van der Waals surface area contributed by atoms with Crippen molar-refractivity contribution in [3.63, 3.8) is 0 Å². The number of carboxylic acid groups (broad SMARTS) is 1. The van der Waals surface area contributed by atoms with E-state index in [0.717, 1.165) is 0 Å². The lowest BCUT2D eigenvalue weighted by molar-refractivity contribution is 0.0695. The Labute approximate surface area is 128 Å². The molecular formula is C17H16N2O3. The SMILES string of the molecule is COc1ccccc1/C(C#N)=C/c1[nH]c(C)c(C(=O)O)c1C. The lowest BCUT2D eigenvalue weighted by Gasteiger charge is -2.06. The number of aromatic carboxylic acids is 1. The fraction of sp³-hybridized carbons (Fsp3) is 0.176. The first-order valence-electron chi connectivity index (χ1n) is 6.67. The number of hydrogen-bond acceptors (Lipinski definition) is 3. The summed E-state index contributed by atoms with van der Waals surface area (Å²) < 4.78 is 5.27. The molecule has 5 heteroatoms. The molecule has 0 atom stereocenters. The summed E-state index contributed by atoms with van der Waals surface area (Å²) in [6, 6.07) is 9.34. The second-order valence-electron chi connectivity index (χ2n) is 4.84. The standard InChI is InChI=1S/C17H16N2O3/c1-10-14(19-11(2)16(10)17(20)21)8-12(9-18)13-6-4-5-7-15(13)22-3/h4-8,19H,1-3H3,(H,20,21)/b12-8+. The molecule has 0 amide bonds. The molecule has 0 spiro atoms. The summed E-state index contributed by atoms with van der Waals surface area (Å²) in [5.74, 6) is -0.392. The van der Waals surface area contributed by atoms with Crippen molar-refractivity contribution >= 4 is 17.6 Å².